The van der Waals surface area contributed by atoms with E-state index in [1.165, 1.54) is 5.56 Å². The third-order valence-corrected chi connectivity index (χ3v) is 3.15. The van der Waals surface area contributed by atoms with Crippen LogP contribution in [0, 0.1) is 0 Å². The highest BCUT2D eigenvalue weighted by Gasteiger charge is 2.18. The van der Waals surface area contributed by atoms with Crippen LogP contribution in [0.5, 0.6) is 11.8 Å². The van der Waals surface area contributed by atoms with Crippen LogP contribution in [0.15, 0.2) is 18.2 Å². The molecule has 1 aromatic carbocycles. The summed E-state index contributed by atoms with van der Waals surface area (Å²) in [7, 11) is 0. The number of fused-ring (bicyclic) bond motifs is 1. The van der Waals surface area contributed by atoms with Crippen molar-refractivity contribution in [2.45, 2.75) is 32.8 Å². The van der Waals surface area contributed by atoms with Crippen LogP contribution in [-0.4, -0.2) is 27.7 Å². The van der Waals surface area contributed by atoms with Gasteiger partial charge in [-0.25, -0.2) is 0 Å². The van der Waals surface area contributed by atoms with Crippen LogP contribution >= 0.6 is 0 Å². The summed E-state index contributed by atoms with van der Waals surface area (Å²) in [5.41, 5.74) is 7.76. The van der Waals surface area contributed by atoms with Gasteiger partial charge < -0.3 is 15.2 Å². The van der Waals surface area contributed by atoms with Gasteiger partial charge in [0.15, 0.2) is 5.82 Å². The lowest BCUT2D eigenvalue weighted by molar-refractivity contribution is 0.222. The first-order valence-corrected chi connectivity index (χ1v) is 7.07. The molecule has 6 heteroatoms. The molecular formula is C15H18N4O2. The summed E-state index contributed by atoms with van der Waals surface area (Å²) < 4.78 is 11.3. The van der Waals surface area contributed by atoms with E-state index < -0.39 is 0 Å². The van der Waals surface area contributed by atoms with Crippen molar-refractivity contribution >= 4 is 5.95 Å². The molecule has 2 aromatic rings. The zero-order valence-corrected chi connectivity index (χ0v) is 12.2. The minimum atomic E-state index is -0.0272. The van der Waals surface area contributed by atoms with E-state index in [0.717, 1.165) is 24.2 Å². The highest BCUT2D eigenvalue weighted by atomic mass is 16.5. The van der Waals surface area contributed by atoms with Crippen molar-refractivity contribution in [2.24, 2.45) is 0 Å². The first-order chi connectivity index (χ1) is 10.1. The van der Waals surface area contributed by atoms with E-state index in [9.17, 15) is 0 Å². The minimum Gasteiger partial charge on any atom is -0.493 e. The second kappa shape index (κ2) is 5.55. The van der Waals surface area contributed by atoms with Crippen molar-refractivity contribution in [3.63, 3.8) is 0 Å². The van der Waals surface area contributed by atoms with Gasteiger partial charge in [0.1, 0.15) is 5.75 Å². The summed E-state index contributed by atoms with van der Waals surface area (Å²) >= 11 is 0. The third-order valence-electron chi connectivity index (χ3n) is 3.15. The third kappa shape index (κ3) is 2.89. The molecule has 0 spiro atoms. The molecule has 0 saturated carbocycles. The van der Waals surface area contributed by atoms with E-state index in [0.29, 0.717) is 12.4 Å². The number of anilines is 1. The highest BCUT2D eigenvalue weighted by molar-refractivity contribution is 5.67. The number of nitrogens with two attached hydrogens (primary N) is 1. The Labute approximate surface area is 123 Å². The molecular weight excluding hydrogens is 268 g/mol. The molecule has 1 aliphatic rings. The normalized spacial score (nSPS) is 13.7. The highest BCUT2D eigenvalue weighted by Crippen LogP contribution is 2.35. The fourth-order valence-electron chi connectivity index (χ4n) is 2.32. The van der Waals surface area contributed by atoms with Crippen molar-refractivity contribution < 1.29 is 9.47 Å². The fraction of sp³-hybridized carbons (Fsp3) is 0.400. The van der Waals surface area contributed by atoms with Crippen LogP contribution in [0.25, 0.3) is 11.4 Å². The van der Waals surface area contributed by atoms with Gasteiger partial charge in [-0.1, -0.05) is 12.1 Å². The number of rotatable bonds is 3. The van der Waals surface area contributed by atoms with E-state index in [2.05, 4.69) is 21.0 Å². The molecule has 6 nitrogen and oxygen atoms in total. The Morgan fingerprint density at radius 3 is 2.90 bits per heavy atom. The second-order valence-corrected chi connectivity index (χ2v) is 5.21. The SMILES string of the molecule is CC(C)Oc1nc(N)nc(-c2cccc3c2OCCC3)n1. The Morgan fingerprint density at radius 2 is 2.10 bits per heavy atom. The lowest BCUT2D eigenvalue weighted by Gasteiger charge is -2.19. The van der Waals surface area contributed by atoms with Gasteiger partial charge in [-0.05, 0) is 38.3 Å². The average Bonchev–Trinajstić information content (AvgIpc) is 2.45. The van der Waals surface area contributed by atoms with Crippen molar-refractivity contribution in [3.8, 4) is 23.1 Å². The van der Waals surface area contributed by atoms with Gasteiger partial charge in [0.25, 0.3) is 0 Å². The number of para-hydroxylation sites is 1. The number of benzene rings is 1. The fourth-order valence-corrected chi connectivity index (χ4v) is 2.32. The van der Waals surface area contributed by atoms with Crippen LogP contribution in [-0.2, 0) is 6.42 Å². The molecule has 0 bridgehead atoms. The van der Waals surface area contributed by atoms with Gasteiger partial charge in [0.2, 0.25) is 5.95 Å². The maximum atomic E-state index is 5.79. The molecule has 0 saturated heterocycles. The smallest absolute Gasteiger partial charge is 0.322 e. The monoisotopic (exact) mass is 286 g/mol. The van der Waals surface area contributed by atoms with Crippen LogP contribution < -0.4 is 15.2 Å². The van der Waals surface area contributed by atoms with E-state index in [4.69, 9.17) is 15.2 Å². The first-order valence-electron chi connectivity index (χ1n) is 7.07. The van der Waals surface area contributed by atoms with Crippen molar-refractivity contribution in [1.82, 2.24) is 15.0 Å². The van der Waals surface area contributed by atoms with Crippen molar-refractivity contribution in [1.29, 1.82) is 0 Å². The van der Waals surface area contributed by atoms with Crippen LogP contribution in [0.2, 0.25) is 0 Å². The van der Waals surface area contributed by atoms with Crippen molar-refractivity contribution in [2.75, 3.05) is 12.3 Å². The van der Waals surface area contributed by atoms with Crippen LogP contribution in [0.1, 0.15) is 25.8 Å². The molecule has 0 radical (unpaired) electrons. The number of aryl methyl sites for hydroxylation is 1. The Kier molecular flexibility index (Phi) is 3.60. The number of hydrogen-bond acceptors (Lipinski definition) is 6. The molecule has 0 fully saturated rings. The molecule has 110 valence electrons. The molecule has 1 aromatic heterocycles. The molecule has 21 heavy (non-hydrogen) atoms. The molecule has 0 unspecified atom stereocenters. The van der Waals surface area contributed by atoms with Gasteiger partial charge in [0.05, 0.1) is 18.3 Å². The van der Waals surface area contributed by atoms with Crippen molar-refractivity contribution in [3.05, 3.63) is 23.8 Å². The topological polar surface area (TPSA) is 83.2 Å². The summed E-state index contributed by atoms with van der Waals surface area (Å²) in [4.78, 5) is 12.6. The Morgan fingerprint density at radius 1 is 1.24 bits per heavy atom. The van der Waals surface area contributed by atoms with E-state index in [1.807, 2.05) is 26.0 Å². The summed E-state index contributed by atoms with van der Waals surface area (Å²) in [5, 5.41) is 0. The summed E-state index contributed by atoms with van der Waals surface area (Å²) in [6.07, 6.45) is 2.00. The maximum Gasteiger partial charge on any atom is 0.322 e. The first kappa shape index (κ1) is 13.6. The van der Waals surface area contributed by atoms with E-state index in [1.54, 1.807) is 0 Å². The Balaban J connectivity index is 2.06. The number of aromatic nitrogens is 3. The van der Waals surface area contributed by atoms with E-state index >= 15 is 0 Å². The van der Waals surface area contributed by atoms with Crippen LogP contribution in [0.4, 0.5) is 5.95 Å². The molecule has 0 amide bonds. The molecule has 0 atom stereocenters. The summed E-state index contributed by atoms with van der Waals surface area (Å²) in [6.45, 7) is 4.53. The molecule has 0 aliphatic carbocycles. The Bertz CT molecular complexity index is 658. The minimum absolute atomic E-state index is 0.0272. The molecule has 2 heterocycles. The number of nitrogen functional groups attached to an aromatic ring is 1. The van der Waals surface area contributed by atoms with Crippen LogP contribution in [0.3, 0.4) is 0 Å². The quantitative estimate of drug-likeness (QED) is 0.931. The van der Waals surface area contributed by atoms with Gasteiger partial charge in [0, 0.05) is 0 Å². The molecule has 3 rings (SSSR count). The number of ether oxygens (including phenoxy) is 2. The standard InChI is InChI=1S/C15H18N4O2/c1-9(2)21-15-18-13(17-14(16)19-15)11-7-3-5-10-6-4-8-20-12(10)11/h3,5,7,9H,4,6,8H2,1-2H3,(H2,16,17,18,19). The maximum absolute atomic E-state index is 5.79. The predicted octanol–water partition coefficient (Wildman–Crippen LogP) is 2.23. The van der Waals surface area contributed by atoms with E-state index in [-0.39, 0.29) is 18.1 Å². The summed E-state index contributed by atoms with van der Waals surface area (Å²) in [5.74, 6) is 1.46. The lowest BCUT2D eigenvalue weighted by atomic mass is 10.0. The molecule has 1 aliphatic heterocycles. The van der Waals surface area contributed by atoms with Gasteiger partial charge in [-0.2, -0.15) is 15.0 Å². The average molecular weight is 286 g/mol. The molecule has 2 N–H and O–H groups in total. The van der Waals surface area contributed by atoms with Gasteiger partial charge in [-0.15, -0.1) is 0 Å². The number of hydrogen-bond donors (Lipinski definition) is 1. The zero-order chi connectivity index (χ0) is 14.8. The van der Waals surface area contributed by atoms with Gasteiger partial charge in [-0.3, -0.25) is 0 Å². The summed E-state index contributed by atoms with van der Waals surface area (Å²) in [6, 6.07) is 6.21. The number of nitrogens with zero attached hydrogens (tertiary/aromatic N) is 3. The predicted molar refractivity (Wildman–Crippen MR) is 79.3 cm³/mol. The van der Waals surface area contributed by atoms with Gasteiger partial charge >= 0.3 is 6.01 Å². The second-order valence-electron chi connectivity index (χ2n) is 5.21. The Hall–Kier alpha value is -2.37. The largest absolute Gasteiger partial charge is 0.493 e. The lowest BCUT2D eigenvalue weighted by Crippen LogP contribution is -2.12. The zero-order valence-electron chi connectivity index (χ0n) is 12.2.